The Hall–Kier alpha value is -1.19. The Bertz CT molecular complexity index is 422. The van der Waals surface area contributed by atoms with Gasteiger partial charge in [0.05, 0.1) is 5.41 Å². The Balaban J connectivity index is 2.13. The highest BCUT2D eigenvalue weighted by atomic mass is 16.5. The largest absolute Gasteiger partial charge is 0.381 e. The molecule has 1 aliphatic heterocycles. The van der Waals surface area contributed by atoms with Gasteiger partial charge >= 0.3 is 0 Å². The van der Waals surface area contributed by atoms with Crippen molar-refractivity contribution in [2.45, 2.75) is 31.1 Å². The molecule has 0 aromatic heterocycles. The average molecular weight is 275 g/mol. The standard InChI is InChI=1S/C17H25NO2/c1-18(2)12-6-9-16(19)17(10-13-20-14-11-17)15-7-4-3-5-8-15/h3-5,7-8H,6,9-14H2,1-2H3. The van der Waals surface area contributed by atoms with Crippen LogP contribution in [0.4, 0.5) is 0 Å². The molecule has 3 heteroatoms. The molecule has 0 bridgehead atoms. The van der Waals surface area contributed by atoms with E-state index in [1.165, 1.54) is 0 Å². The Morgan fingerprint density at radius 3 is 2.45 bits per heavy atom. The zero-order valence-electron chi connectivity index (χ0n) is 12.6. The van der Waals surface area contributed by atoms with E-state index in [9.17, 15) is 4.79 Å². The number of rotatable bonds is 6. The topological polar surface area (TPSA) is 29.5 Å². The lowest BCUT2D eigenvalue weighted by molar-refractivity contribution is -0.128. The number of carbonyl (C=O) groups is 1. The molecule has 1 saturated heterocycles. The molecule has 0 amide bonds. The zero-order chi connectivity index (χ0) is 14.4. The van der Waals surface area contributed by atoms with E-state index in [4.69, 9.17) is 4.74 Å². The van der Waals surface area contributed by atoms with E-state index >= 15 is 0 Å². The Labute approximate surface area is 121 Å². The Morgan fingerprint density at radius 2 is 1.85 bits per heavy atom. The van der Waals surface area contributed by atoms with Crippen molar-refractivity contribution in [2.24, 2.45) is 0 Å². The van der Waals surface area contributed by atoms with Gasteiger partial charge in [0.1, 0.15) is 5.78 Å². The summed E-state index contributed by atoms with van der Waals surface area (Å²) in [5, 5.41) is 0. The number of Topliss-reactive ketones (excluding diaryl/α,β-unsaturated/α-hetero) is 1. The van der Waals surface area contributed by atoms with E-state index in [1.54, 1.807) is 0 Å². The summed E-state index contributed by atoms with van der Waals surface area (Å²) < 4.78 is 5.48. The molecule has 20 heavy (non-hydrogen) atoms. The zero-order valence-corrected chi connectivity index (χ0v) is 12.6. The average Bonchev–Trinajstić information content (AvgIpc) is 2.48. The smallest absolute Gasteiger partial charge is 0.143 e. The van der Waals surface area contributed by atoms with Gasteiger partial charge in [0, 0.05) is 19.6 Å². The summed E-state index contributed by atoms with van der Waals surface area (Å²) in [5.41, 5.74) is 0.851. The first-order valence-corrected chi connectivity index (χ1v) is 7.46. The number of carbonyl (C=O) groups excluding carboxylic acids is 1. The molecule has 1 aliphatic rings. The van der Waals surface area contributed by atoms with Crippen LogP contribution in [0.25, 0.3) is 0 Å². The molecule has 2 rings (SSSR count). The number of ketones is 1. The fraction of sp³-hybridized carbons (Fsp3) is 0.588. The summed E-state index contributed by atoms with van der Waals surface area (Å²) >= 11 is 0. The predicted octanol–water partition coefficient (Wildman–Crippen LogP) is 2.65. The number of benzene rings is 1. The molecule has 0 saturated carbocycles. The van der Waals surface area contributed by atoms with Crippen LogP contribution < -0.4 is 0 Å². The van der Waals surface area contributed by atoms with Crippen LogP contribution in [0.2, 0.25) is 0 Å². The molecule has 0 radical (unpaired) electrons. The van der Waals surface area contributed by atoms with Crippen molar-refractivity contribution in [3.05, 3.63) is 35.9 Å². The third-order valence-electron chi connectivity index (χ3n) is 4.22. The molecule has 1 fully saturated rings. The van der Waals surface area contributed by atoms with Crippen LogP contribution in [-0.2, 0) is 14.9 Å². The normalized spacial score (nSPS) is 18.1. The molecule has 0 atom stereocenters. The van der Waals surface area contributed by atoms with Crippen LogP contribution in [0.5, 0.6) is 0 Å². The minimum atomic E-state index is -0.314. The summed E-state index contributed by atoms with van der Waals surface area (Å²) in [6.07, 6.45) is 3.23. The maximum atomic E-state index is 12.8. The van der Waals surface area contributed by atoms with Crippen LogP contribution in [0.3, 0.4) is 0 Å². The van der Waals surface area contributed by atoms with Gasteiger partial charge in [-0.1, -0.05) is 30.3 Å². The minimum absolute atomic E-state index is 0.314. The van der Waals surface area contributed by atoms with E-state index in [1.807, 2.05) is 32.3 Å². The summed E-state index contributed by atoms with van der Waals surface area (Å²) in [7, 11) is 4.10. The minimum Gasteiger partial charge on any atom is -0.381 e. The highest BCUT2D eigenvalue weighted by Gasteiger charge is 2.40. The molecule has 110 valence electrons. The van der Waals surface area contributed by atoms with E-state index in [-0.39, 0.29) is 5.41 Å². The number of hydrogen-bond donors (Lipinski definition) is 0. The number of hydrogen-bond acceptors (Lipinski definition) is 3. The maximum Gasteiger partial charge on any atom is 0.143 e. The van der Waals surface area contributed by atoms with E-state index < -0.39 is 0 Å². The summed E-state index contributed by atoms with van der Waals surface area (Å²) in [6.45, 7) is 2.34. The van der Waals surface area contributed by atoms with Crippen molar-refractivity contribution >= 4 is 5.78 Å². The molecule has 1 aromatic carbocycles. The second kappa shape index (κ2) is 7.00. The predicted molar refractivity (Wildman–Crippen MR) is 81.0 cm³/mol. The van der Waals surface area contributed by atoms with Gasteiger partial charge in [-0.25, -0.2) is 0 Å². The third-order valence-corrected chi connectivity index (χ3v) is 4.22. The first kappa shape index (κ1) is 15.2. The van der Waals surface area contributed by atoms with Crippen molar-refractivity contribution in [2.75, 3.05) is 33.9 Å². The van der Waals surface area contributed by atoms with Crippen LogP contribution in [0.15, 0.2) is 30.3 Å². The molecule has 0 unspecified atom stereocenters. The molecule has 0 spiro atoms. The van der Waals surface area contributed by atoms with E-state index in [0.29, 0.717) is 25.4 Å². The first-order chi connectivity index (χ1) is 9.65. The summed E-state index contributed by atoms with van der Waals surface area (Å²) in [4.78, 5) is 15.0. The molecule has 0 aliphatic carbocycles. The lowest BCUT2D eigenvalue weighted by atomic mass is 9.70. The molecular formula is C17H25NO2. The summed E-state index contributed by atoms with van der Waals surface area (Å²) in [6, 6.07) is 10.2. The van der Waals surface area contributed by atoms with Gasteiger partial charge in [-0.2, -0.15) is 0 Å². The third kappa shape index (κ3) is 3.47. The van der Waals surface area contributed by atoms with Crippen molar-refractivity contribution in [1.29, 1.82) is 0 Å². The van der Waals surface area contributed by atoms with Crippen LogP contribution >= 0.6 is 0 Å². The highest BCUT2D eigenvalue weighted by molar-refractivity contribution is 5.90. The van der Waals surface area contributed by atoms with E-state index in [2.05, 4.69) is 17.0 Å². The quantitative estimate of drug-likeness (QED) is 0.799. The monoisotopic (exact) mass is 275 g/mol. The SMILES string of the molecule is CN(C)CCCC(=O)C1(c2ccccc2)CCOCC1. The molecule has 0 N–H and O–H groups in total. The van der Waals surface area contributed by atoms with E-state index in [0.717, 1.165) is 31.4 Å². The van der Waals surface area contributed by atoms with Gasteiger partial charge < -0.3 is 9.64 Å². The van der Waals surface area contributed by atoms with Crippen molar-refractivity contribution in [3.8, 4) is 0 Å². The van der Waals surface area contributed by atoms with Crippen molar-refractivity contribution in [3.63, 3.8) is 0 Å². The van der Waals surface area contributed by atoms with Gasteiger partial charge in [-0.3, -0.25) is 4.79 Å². The van der Waals surface area contributed by atoms with Crippen LogP contribution in [0, 0.1) is 0 Å². The van der Waals surface area contributed by atoms with Gasteiger partial charge in [-0.15, -0.1) is 0 Å². The fourth-order valence-corrected chi connectivity index (χ4v) is 3.00. The molecule has 1 heterocycles. The summed E-state index contributed by atoms with van der Waals surface area (Å²) in [5.74, 6) is 0.383. The van der Waals surface area contributed by atoms with Crippen molar-refractivity contribution < 1.29 is 9.53 Å². The second-order valence-corrected chi connectivity index (χ2v) is 5.89. The van der Waals surface area contributed by atoms with Gasteiger partial charge in [0.15, 0.2) is 0 Å². The highest BCUT2D eigenvalue weighted by Crippen LogP contribution is 2.36. The van der Waals surface area contributed by atoms with Gasteiger partial charge in [0.25, 0.3) is 0 Å². The lowest BCUT2D eigenvalue weighted by Crippen LogP contribution is -2.41. The Morgan fingerprint density at radius 1 is 1.20 bits per heavy atom. The molecular weight excluding hydrogens is 250 g/mol. The van der Waals surface area contributed by atoms with Gasteiger partial charge in [-0.05, 0) is 45.5 Å². The first-order valence-electron chi connectivity index (χ1n) is 7.46. The lowest BCUT2D eigenvalue weighted by Gasteiger charge is -2.36. The van der Waals surface area contributed by atoms with Crippen molar-refractivity contribution in [1.82, 2.24) is 4.90 Å². The number of nitrogens with zero attached hydrogens (tertiary/aromatic N) is 1. The maximum absolute atomic E-state index is 12.8. The Kier molecular flexibility index (Phi) is 5.32. The van der Waals surface area contributed by atoms with Crippen LogP contribution in [0.1, 0.15) is 31.2 Å². The fourth-order valence-electron chi connectivity index (χ4n) is 3.00. The number of ether oxygens (including phenoxy) is 1. The van der Waals surface area contributed by atoms with Gasteiger partial charge in [0.2, 0.25) is 0 Å². The van der Waals surface area contributed by atoms with Crippen LogP contribution in [-0.4, -0.2) is 44.5 Å². The molecule has 1 aromatic rings. The molecule has 3 nitrogen and oxygen atoms in total. The second-order valence-electron chi connectivity index (χ2n) is 5.89.